The number of carboxylic acid groups (broad SMARTS) is 1. The number of rotatable bonds is 6. The van der Waals surface area contributed by atoms with E-state index in [0.29, 0.717) is 19.5 Å². The average molecular weight is 339 g/mol. The molecule has 3 rings (SSSR count). The third kappa shape index (κ3) is 4.15. The second-order valence-electron chi connectivity index (χ2n) is 6.14. The van der Waals surface area contributed by atoms with Crippen LogP contribution in [0.15, 0.2) is 54.9 Å². The van der Waals surface area contributed by atoms with Crippen molar-refractivity contribution < 1.29 is 14.7 Å². The molecule has 1 amide bonds. The van der Waals surface area contributed by atoms with Gasteiger partial charge in [0.2, 0.25) is 5.91 Å². The maximum absolute atomic E-state index is 12.7. The van der Waals surface area contributed by atoms with Crippen molar-refractivity contribution in [2.24, 2.45) is 0 Å². The average Bonchev–Trinajstić information content (AvgIpc) is 3.13. The van der Waals surface area contributed by atoms with Gasteiger partial charge in [0.1, 0.15) is 6.04 Å². The van der Waals surface area contributed by atoms with Gasteiger partial charge in [-0.25, -0.2) is 4.79 Å². The van der Waals surface area contributed by atoms with Crippen molar-refractivity contribution in [3.8, 4) is 0 Å². The molecule has 2 aromatic rings. The van der Waals surface area contributed by atoms with Crippen LogP contribution in [-0.4, -0.2) is 46.0 Å². The van der Waals surface area contributed by atoms with Gasteiger partial charge in [0, 0.05) is 31.2 Å². The number of carbonyl (C=O) groups excluding carboxylic acids is 1. The summed E-state index contributed by atoms with van der Waals surface area (Å²) in [7, 11) is 0. The molecular weight excluding hydrogens is 318 g/mol. The van der Waals surface area contributed by atoms with Crippen LogP contribution in [0.25, 0.3) is 0 Å². The summed E-state index contributed by atoms with van der Waals surface area (Å²) >= 11 is 0. The van der Waals surface area contributed by atoms with Gasteiger partial charge in [0.25, 0.3) is 0 Å². The standard InChI is InChI=1S/C19H21N3O3/c23-18(22-11-5-9-17(22)19(24)25)14-21(16-7-2-1-3-8-16)13-15-6-4-10-20-12-15/h1-4,6-8,10,12,17H,5,9,11,13-14H2,(H,24,25). The second-order valence-corrected chi connectivity index (χ2v) is 6.14. The molecule has 1 saturated heterocycles. The minimum Gasteiger partial charge on any atom is -0.480 e. The first-order chi connectivity index (χ1) is 12.1. The first-order valence-electron chi connectivity index (χ1n) is 8.36. The summed E-state index contributed by atoms with van der Waals surface area (Å²) in [6.07, 6.45) is 4.74. The maximum Gasteiger partial charge on any atom is 0.326 e. The number of likely N-dealkylation sites (tertiary alicyclic amines) is 1. The number of amides is 1. The molecule has 1 aliphatic rings. The van der Waals surface area contributed by atoms with E-state index >= 15 is 0 Å². The lowest BCUT2D eigenvalue weighted by Crippen LogP contribution is -2.45. The second kappa shape index (κ2) is 7.79. The zero-order valence-electron chi connectivity index (χ0n) is 13.9. The molecular formula is C19H21N3O3. The molecule has 1 N–H and O–H groups in total. The molecule has 0 spiro atoms. The van der Waals surface area contributed by atoms with Crippen LogP contribution in [0.1, 0.15) is 18.4 Å². The molecule has 6 heteroatoms. The minimum atomic E-state index is -0.927. The Morgan fingerprint density at radius 1 is 1.20 bits per heavy atom. The van der Waals surface area contributed by atoms with Crippen LogP contribution >= 0.6 is 0 Å². The Kier molecular flexibility index (Phi) is 5.28. The maximum atomic E-state index is 12.7. The number of hydrogen-bond donors (Lipinski definition) is 1. The molecule has 1 fully saturated rings. The Balaban J connectivity index is 1.78. The highest BCUT2D eigenvalue weighted by Gasteiger charge is 2.34. The van der Waals surface area contributed by atoms with Gasteiger partial charge in [0.15, 0.2) is 0 Å². The number of para-hydroxylation sites is 1. The zero-order valence-corrected chi connectivity index (χ0v) is 13.9. The molecule has 130 valence electrons. The number of hydrogen-bond acceptors (Lipinski definition) is 4. The summed E-state index contributed by atoms with van der Waals surface area (Å²) in [4.78, 5) is 31.7. The van der Waals surface area contributed by atoms with Crippen molar-refractivity contribution in [2.75, 3.05) is 18.0 Å². The molecule has 1 aromatic carbocycles. The van der Waals surface area contributed by atoms with Crippen LogP contribution in [0.2, 0.25) is 0 Å². The van der Waals surface area contributed by atoms with Crippen LogP contribution in [0, 0.1) is 0 Å². The van der Waals surface area contributed by atoms with Crippen LogP contribution in [-0.2, 0) is 16.1 Å². The smallest absolute Gasteiger partial charge is 0.326 e. The topological polar surface area (TPSA) is 73.7 Å². The molecule has 1 aromatic heterocycles. The molecule has 6 nitrogen and oxygen atoms in total. The predicted octanol–water partition coefficient (Wildman–Crippen LogP) is 2.16. The van der Waals surface area contributed by atoms with Crippen LogP contribution < -0.4 is 4.90 Å². The summed E-state index contributed by atoms with van der Waals surface area (Å²) < 4.78 is 0. The van der Waals surface area contributed by atoms with Crippen LogP contribution in [0.5, 0.6) is 0 Å². The first-order valence-corrected chi connectivity index (χ1v) is 8.36. The highest BCUT2D eigenvalue weighted by Crippen LogP contribution is 2.21. The number of pyridine rings is 1. The SMILES string of the molecule is O=C(O)C1CCCN1C(=O)CN(Cc1cccnc1)c1ccccc1. The summed E-state index contributed by atoms with van der Waals surface area (Å²) in [5.74, 6) is -1.08. The summed E-state index contributed by atoms with van der Waals surface area (Å²) in [6.45, 7) is 1.18. The van der Waals surface area contributed by atoms with E-state index in [4.69, 9.17) is 0 Å². The van der Waals surface area contributed by atoms with Crippen molar-refractivity contribution in [3.05, 3.63) is 60.4 Å². The molecule has 0 aliphatic carbocycles. The van der Waals surface area contributed by atoms with E-state index in [1.807, 2.05) is 47.4 Å². The van der Waals surface area contributed by atoms with E-state index in [1.54, 1.807) is 12.4 Å². The van der Waals surface area contributed by atoms with Crippen molar-refractivity contribution in [3.63, 3.8) is 0 Å². The van der Waals surface area contributed by atoms with Gasteiger partial charge in [-0.15, -0.1) is 0 Å². The fourth-order valence-corrected chi connectivity index (χ4v) is 3.17. The van der Waals surface area contributed by atoms with Crippen LogP contribution in [0.3, 0.4) is 0 Å². The number of carboxylic acids is 1. The van der Waals surface area contributed by atoms with Gasteiger partial charge >= 0.3 is 5.97 Å². The van der Waals surface area contributed by atoms with E-state index in [-0.39, 0.29) is 12.5 Å². The van der Waals surface area contributed by atoms with Gasteiger partial charge in [0.05, 0.1) is 6.54 Å². The molecule has 0 saturated carbocycles. The van der Waals surface area contributed by atoms with Gasteiger partial charge in [-0.3, -0.25) is 9.78 Å². The highest BCUT2D eigenvalue weighted by molar-refractivity contribution is 5.87. The summed E-state index contributed by atoms with van der Waals surface area (Å²) in [6, 6.07) is 12.8. The van der Waals surface area contributed by atoms with Gasteiger partial charge in [-0.1, -0.05) is 24.3 Å². The predicted molar refractivity (Wildman–Crippen MR) is 94.1 cm³/mol. The minimum absolute atomic E-state index is 0.142. The van der Waals surface area contributed by atoms with E-state index < -0.39 is 12.0 Å². The molecule has 1 unspecified atom stereocenters. The van der Waals surface area contributed by atoms with Gasteiger partial charge in [-0.2, -0.15) is 0 Å². The number of carbonyl (C=O) groups is 2. The summed E-state index contributed by atoms with van der Waals surface area (Å²) in [5.41, 5.74) is 1.92. The van der Waals surface area contributed by atoms with Crippen molar-refractivity contribution in [1.82, 2.24) is 9.88 Å². The number of aromatic nitrogens is 1. The molecule has 2 heterocycles. The normalized spacial score (nSPS) is 16.6. The Hall–Kier alpha value is -2.89. The third-order valence-corrected chi connectivity index (χ3v) is 4.40. The first kappa shape index (κ1) is 17.0. The number of anilines is 1. The monoisotopic (exact) mass is 339 g/mol. The molecule has 0 bridgehead atoms. The van der Waals surface area contributed by atoms with Crippen molar-refractivity contribution in [2.45, 2.75) is 25.4 Å². The lowest BCUT2D eigenvalue weighted by atomic mass is 10.2. The summed E-state index contributed by atoms with van der Waals surface area (Å²) in [5, 5.41) is 9.30. The molecule has 1 aliphatic heterocycles. The largest absolute Gasteiger partial charge is 0.480 e. The zero-order chi connectivity index (χ0) is 17.6. The highest BCUT2D eigenvalue weighted by atomic mass is 16.4. The third-order valence-electron chi connectivity index (χ3n) is 4.40. The van der Waals surface area contributed by atoms with E-state index in [1.165, 1.54) is 4.90 Å². The van der Waals surface area contributed by atoms with Gasteiger partial charge in [-0.05, 0) is 36.6 Å². The Bertz CT molecular complexity index is 721. The van der Waals surface area contributed by atoms with E-state index in [2.05, 4.69) is 4.98 Å². The van der Waals surface area contributed by atoms with Gasteiger partial charge < -0.3 is 14.9 Å². The molecule has 0 radical (unpaired) electrons. The van der Waals surface area contributed by atoms with E-state index in [0.717, 1.165) is 17.7 Å². The Labute approximate surface area is 146 Å². The van der Waals surface area contributed by atoms with E-state index in [9.17, 15) is 14.7 Å². The number of aliphatic carboxylic acids is 1. The molecule has 25 heavy (non-hydrogen) atoms. The van der Waals surface area contributed by atoms with Crippen molar-refractivity contribution >= 4 is 17.6 Å². The number of benzene rings is 1. The Morgan fingerprint density at radius 3 is 2.68 bits per heavy atom. The quantitative estimate of drug-likeness (QED) is 0.873. The molecule has 1 atom stereocenters. The lowest BCUT2D eigenvalue weighted by molar-refractivity contribution is -0.147. The van der Waals surface area contributed by atoms with Crippen molar-refractivity contribution in [1.29, 1.82) is 0 Å². The fourth-order valence-electron chi connectivity index (χ4n) is 3.17. The fraction of sp³-hybridized carbons (Fsp3) is 0.316. The lowest BCUT2D eigenvalue weighted by Gasteiger charge is -2.28. The number of nitrogens with zero attached hydrogens (tertiary/aromatic N) is 3. The Morgan fingerprint density at radius 2 is 2.00 bits per heavy atom. The van der Waals surface area contributed by atoms with Crippen LogP contribution in [0.4, 0.5) is 5.69 Å².